The summed E-state index contributed by atoms with van der Waals surface area (Å²) in [5.41, 5.74) is 2.17. The number of aryl methyl sites for hydroxylation is 2. The van der Waals surface area contributed by atoms with Crippen LogP contribution < -0.4 is 10.3 Å². The maximum absolute atomic E-state index is 13.4. The van der Waals surface area contributed by atoms with Gasteiger partial charge in [0.25, 0.3) is 5.97 Å². The van der Waals surface area contributed by atoms with Crippen molar-refractivity contribution >= 4 is 19.0 Å². The van der Waals surface area contributed by atoms with E-state index in [2.05, 4.69) is 40.2 Å². The normalized spacial score (nSPS) is 23.2. The number of nitrogens with zero attached hydrogens (tertiary/aromatic N) is 2. The minimum absolute atomic E-state index is 0.0279. The third-order valence-electron chi connectivity index (χ3n) is 6.42. The van der Waals surface area contributed by atoms with Crippen LogP contribution in [-0.2, 0) is 30.0 Å². The molecule has 4 nitrogen and oxygen atoms in total. The van der Waals surface area contributed by atoms with Crippen LogP contribution in [-0.4, -0.2) is 23.9 Å². The van der Waals surface area contributed by atoms with E-state index < -0.39 is 0 Å². The lowest BCUT2D eigenvalue weighted by Gasteiger charge is -2.38. The molecular formula is C24H35BN2O2. The lowest BCUT2D eigenvalue weighted by atomic mass is 9.61. The molecule has 1 aromatic heterocycles. The van der Waals surface area contributed by atoms with Crippen LogP contribution >= 0.6 is 0 Å². The summed E-state index contributed by atoms with van der Waals surface area (Å²) in [4.78, 5) is 13.4. The van der Waals surface area contributed by atoms with Crippen LogP contribution in [0.4, 0.5) is 0 Å². The van der Waals surface area contributed by atoms with Crippen molar-refractivity contribution in [3.8, 4) is 0 Å². The number of esters is 1. The molecule has 0 spiro atoms. The highest BCUT2D eigenvalue weighted by atomic mass is 16.5. The quantitative estimate of drug-likeness (QED) is 0.411. The molecule has 1 unspecified atom stereocenters. The Kier molecular flexibility index (Phi) is 7.21. The zero-order valence-corrected chi connectivity index (χ0v) is 18.5. The van der Waals surface area contributed by atoms with Gasteiger partial charge < -0.3 is 4.74 Å². The third kappa shape index (κ3) is 5.52. The lowest BCUT2D eigenvalue weighted by molar-refractivity contribution is -0.653. The fourth-order valence-corrected chi connectivity index (χ4v) is 4.58. The molecule has 0 bridgehead atoms. The van der Waals surface area contributed by atoms with Gasteiger partial charge in [-0.25, -0.2) is 0 Å². The van der Waals surface area contributed by atoms with Gasteiger partial charge >= 0.3 is 0 Å². The van der Waals surface area contributed by atoms with Crippen molar-refractivity contribution in [2.24, 2.45) is 31.8 Å². The maximum atomic E-state index is 13.4. The van der Waals surface area contributed by atoms with E-state index >= 15 is 0 Å². The molecule has 1 aliphatic carbocycles. The van der Waals surface area contributed by atoms with Crippen LogP contribution in [0.3, 0.4) is 0 Å². The summed E-state index contributed by atoms with van der Waals surface area (Å²) in [5.74, 6) is 1.20. The Morgan fingerprint density at radius 1 is 1.28 bits per heavy atom. The van der Waals surface area contributed by atoms with Crippen molar-refractivity contribution < 1.29 is 14.1 Å². The predicted octanol–water partition coefficient (Wildman–Crippen LogP) is 3.21. The maximum Gasteiger partial charge on any atom is 0.268 e. The van der Waals surface area contributed by atoms with E-state index in [-0.39, 0.29) is 17.9 Å². The SMILES string of the molecule is CC(C)[C@@H]1CC[C@@H](C)C[C@H]1OC(=O)C([B-]c1n(C)cc[n+]1C)Cc1ccccc1. The lowest BCUT2D eigenvalue weighted by Crippen LogP contribution is -2.52. The minimum Gasteiger partial charge on any atom is -0.464 e. The molecule has 156 valence electrons. The molecule has 0 aliphatic heterocycles. The first kappa shape index (κ1) is 21.7. The second-order valence-electron chi connectivity index (χ2n) is 9.14. The second-order valence-corrected chi connectivity index (χ2v) is 9.14. The van der Waals surface area contributed by atoms with Crippen molar-refractivity contribution in [3.05, 3.63) is 48.3 Å². The van der Waals surface area contributed by atoms with Crippen LogP contribution in [0.1, 0.15) is 45.6 Å². The zero-order valence-electron chi connectivity index (χ0n) is 18.5. The summed E-state index contributed by atoms with van der Waals surface area (Å²) >= 11 is 0. The monoisotopic (exact) mass is 394 g/mol. The third-order valence-corrected chi connectivity index (χ3v) is 6.42. The Morgan fingerprint density at radius 3 is 2.62 bits per heavy atom. The fraction of sp³-hybridized carbons (Fsp3) is 0.583. The van der Waals surface area contributed by atoms with E-state index in [9.17, 15) is 4.79 Å². The van der Waals surface area contributed by atoms with E-state index in [1.165, 1.54) is 6.42 Å². The Bertz CT molecular complexity index is 783. The topological polar surface area (TPSA) is 35.1 Å². The first-order chi connectivity index (χ1) is 13.8. The molecular weight excluding hydrogens is 359 g/mol. The number of carbonyl (C=O) groups excluding carboxylic acids is 1. The minimum atomic E-state index is -0.303. The van der Waals surface area contributed by atoms with Gasteiger partial charge in [0, 0.05) is 5.72 Å². The van der Waals surface area contributed by atoms with Gasteiger partial charge in [0.15, 0.2) is 0 Å². The first-order valence-electron chi connectivity index (χ1n) is 11.0. The summed E-state index contributed by atoms with van der Waals surface area (Å²) in [6.45, 7) is 6.77. The molecule has 0 amide bonds. The number of rotatable bonds is 7. The number of benzene rings is 1. The molecule has 1 heterocycles. The summed E-state index contributed by atoms with van der Waals surface area (Å²) in [6, 6.07) is 10.2. The van der Waals surface area contributed by atoms with Crippen molar-refractivity contribution in [1.29, 1.82) is 0 Å². The van der Waals surface area contributed by atoms with Gasteiger partial charge in [0.1, 0.15) is 18.5 Å². The molecule has 1 fully saturated rings. The highest BCUT2D eigenvalue weighted by Crippen LogP contribution is 2.36. The van der Waals surface area contributed by atoms with E-state index in [1.54, 1.807) is 0 Å². The van der Waals surface area contributed by atoms with Gasteiger partial charge in [-0.1, -0.05) is 69.5 Å². The van der Waals surface area contributed by atoms with Crippen LogP contribution in [0, 0.1) is 17.8 Å². The van der Waals surface area contributed by atoms with Gasteiger partial charge in [-0.05, 0) is 30.6 Å². The largest absolute Gasteiger partial charge is 0.464 e. The number of ether oxygens (including phenoxy) is 1. The summed E-state index contributed by atoms with van der Waals surface area (Å²) in [6.07, 6.45) is 8.05. The average Bonchev–Trinajstić information content (AvgIpc) is 3.00. The number of imidazole rings is 1. The Labute approximate surface area is 176 Å². The zero-order chi connectivity index (χ0) is 21.0. The fourth-order valence-electron chi connectivity index (χ4n) is 4.58. The Hall–Kier alpha value is -2.04. The molecule has 1 aliphatic rings. The average molecular weight is 394 g/mol. The molecule has 5 heteroatoms. The Balaban J connectivity index is 1.79. The highest BCUT2D eigenvalue weighted by Gasteiger charge is 2.33. The second kappa shape index (κ2) is 9.64. The van der Waals surface area contributed by atoms with Gasteiger partial charge in [-0.2, -0.15) is 7.28 Å². The smallest absolute Gasteiger partial charge is 0.268 e. The summed E-state index contributed by atoms with van der Waals surface area (Å²) in [5, 5.41) is 0. The number of carbonyl (C=O) groups is 1. The van der Waals surface area contributed by atoms with Crippen molar-refractivity contribution in [1.82, 2.24) is 4.57 Å². The van der Waals surface area contributed by atoms with E-state index in [4.69, 9.17) is 4.74 Å². The van der Waals surface area contributed by atoms with Gasteiger partial charge in [0.2, 0.25) is 0 Å². The molecule has 0 saturated heterocycles. The highest BCUT2D eigenvalue weighted by molar-refractivity contribution is 6.56. The van der Waals surface area contributed by atoms with Gasteiger partial charge in [0.05, 0.1) is 14.1 Å². The number of aromatic nitrogens is 2. The van der Waals surface area contributed by atoms with E-state index in [0.717, 1.165) is 24.1 Å². The first-order valence-corrected chi connectivity index (χ1v) is 11.0. The van der Waals surface area contributed by atoms with Crippen LogP contribution in [0.25, 0.3) is 0 Å². The molecule has 29 heavy (non-hydrogen) atoms. The molecule has 4 atom stereocenters. The summed E-state index contributed by atoms with van der Waals surface area (Å²) in [7, 11) is 6.08. The van der Waals surface area contributed by atoms with Crippen LogP contribution in [0.2, 0.25) is 5.82 Å². The van der Waals surface area contributed by atoms with Crippen molar-refractivity contribution in [2.45, 2.75) is 58.4 Å². The Morgan fingerprint density at radius 2 is 2.00 bits per heavy atom. The van der Waals surface area contributed by atoms with Crippen LogP contribution in [0.5, 0.6) is 0 Å². The van der Waals surface area contributed by atoms with Crippen LogP contribution in [0.15, 0.2) is 42.7 Å². The standard InChI is InChI=1S/C24H35BN2O2/c1-17(2)20-12-11-18(3)15-22(20)29-23(28)21(16-19-9-7-6-8-10-19)25-24-26(4)13-14-27(24)5/h6-10,13-14,17-18,20-22H,11-12,15-16H2,1-5H3/t18-,20+,21?,22-/m1/s1. The molecule has 1 saturated carbocycles. The molecule has 2 radical (unpaired) electrons. The van der Waals surface area contributed by atoms with Gasteiger partial charge in [-0.3, -0.25) is 13.9 Å². The number of hydrogen-bond acceptors (Lipinski definition) is 2. The van der Waals surface area contributed by atoms with E-state index in [0.29, 0.717) is 24.2 Å². The molecule has 1 aromatic carbocycles. The molecule has 2 aromatic rings. The molecule has 0 N–H and O–H groups in total. The van der Waals surface area contributed by atoms with Crippen molar-refractivity contribution in [3.63, 3.8) is 0 Å². The van der Waals surface area contributed by atoms with E-state index in [1.807, 2.05) is 53.8 Å². The van der Waals surface area contributed by atoms with Crippen molar-refractivity contribution in [2.75, 3.05) is 0 Å². The van der Waals surface area contributed by atoms with Gasteiger partial charge in [-0.15, -0.1) is 5.82 Å². The predicted molar refractivity (Wildman–Crippen MR) is 117 cm³/mol. The molecule has 3 rings (SSSR count). The number of hydrogen-bond donors (Lipinski definition) is 0. The summed E-state index contributed by atoms with van der Waals surface area (Å²) < 4.78 is 10.3.